The van der Waals surface area contributed by atoms with Crippen LogP contribution in [0.1, 0.15) is 32.2 Å². The van der Waals surface area contributed by atoms with Crippen LogP contribution in [0.15, 0.2) is 0 Å². The Morgan fingerprint density at radius 1 is 1.47 bits per heavy atom. The number of carbonyl (C=O) groups excluding carboxylic acids is 1. The summed E-state index contributed by atoms with van der Waals surface area (Å²) in [5.41, 5.74) is 0.151. The lowest BCUT2D eigenvalue weighted by Crippen LogP contribution is -2.23. The zero-order valence-corrected chi connectivity index (χ0v) is 10.8. The van der Waals surface area contributed by atoms with Crippen LogP contribution in [0.3, 0.4) is 0 Å². The first-order chi connectivity index (χ1) is 7.64. The van der Waals surface area contributed by atoms with E-state index in [1.165, 1.54) is 4.68 Å². The molecule has 17 heavy (non-hydrogen) atoms. The second-order valence-corrected chi connectivity index (χ2v) is 5.11. The van der Waals surface area contributed by atoms with Crippen LogP contribution in [0.2, 0.25) is 0 Å². The molecule has 1 aromatic heterocycles. The van der Waals surface area contributed by atoms with E-state index in [4.69, 9.17) is 0 Å². The first-order valence-electron chi connectivity index (χ1n) is 5.34. The number of Topliss-reactive ketones (excluding diaryl/α,β-unsaturated/α-hetero) is 1. The van der Waals surface area contributed by atoms with Crippen LogP contribution >= 0.6 is 0 Å². The molecule has 0 aliphatic carbocycles. The van der Waals surface area contributed by atoms with Crippen LogP contribution in [0.25, 0.3) is 0 Å². The number of aryl methyl sites for hydroxylation is 2. The van der Waals surface area contributed by atoms with Crippen LogP contribution < -0.4 is 0 Å². The Bertz CT molecular complexity index is 469. The Hall–Kier alpha value is -1.72. The predicted octanol–water partition coefficient (Wildman–Crippen LogP) is 1.79. The molecule has 0 aliphatic heterocycles. The van der Waals surface area contributed by atoms with Crippen molar-refractivity contribution in [3.8, 4) is 0 Å². The highest BCUT2D eigenvalue weighted by molar-refractivity contribution is 5.86. The Labute approximate surface area is 99.8 Å². The normalized spacial score (nSPS) is 11.6. The fraction of sp³-hybridized carbons (Fsp3) is 0.636. The minimum atomic E-state index is -0.508. The van der Waals surface area contributed by atoms with E-state index < -0.39 is 10.3 Å². The first kappa shape index (κ1) is 13.3. The van der Waals surface area contributed by atoms with Gasteiger partial charge in [-0.1, -0.05) is 20.8 Å². The van der Waals surface area contributed by atoms with Crippen molar-refractivity contribution < 1.29 is 9.72 Å². The SMILES string of the molecule is Cc1nn(C)c(CC(=O)C(C)(C)C)c1[N+](=O)[O-]. The molecule has 6 nitrogen and oxygen atoms in total. The van der Waals surface area contributed by atoms with Crippen molar-refractivity contribution in [1.82, 2.24) is 9.78 Å². The fourth-order valence-corrected chi connectivity index (χ4v) is 1.55. The summed E-state index contributed by atoms with van der Waals surface area (Å²) in [7, 11) is 1.62. The van der Waals surface area contributed by atoms with Gasteiger partial charge in [0.15, 0.2) is 0 Å². The monoisotopic (exact) mass is 239 g/mol. The van der Waals surface area contributed by atoms with Crippen molar-refractivity contribution in [3.63, 3.8) is 0 Å². The summed E-state index contributed by atoms with van der Waals surface area (Å²) in [5.74, 6) is -0.0383. The Morgan fingerprint density at radius 3 is 2.41 bits per heavy atom. The number of carbonyl (C=O) groups is 1. The maximum Gasteiger partial charge on any atom is 0.313 e. The average molecular weight is 239 g/mol. The summed E-state index contributed by atoms with van der Waals surface area (Å²) >= 11 is 0. The van der Waals surface area contributed by atoms with E-state index in [0.717, 1.165) is 0 Å². The van der Waals surface area contributed by atoms with Gasteiger partial charge in [-0.3, -0.25) is 19.6 Å². The topological polar surface area (TPSA) is 78.0 Å². The molecule has 0 saturated heterocycles. The minimum Gasteiger partial charge on any atom is -0.299 e. The molecule has 0 amide bonds. The number of aromatic nitrogens is 2. The van der Waals surface area contributed by atoms with Crippen LogP contribution in [0.5, 0.6) is 0 Å². The average Bonchev–Trinajstić information content (AvgIpc) is 2.39. The maximum atomic E-state index is 11.9. The lowest BCUT2D eigenvalue weighted by atomic mass is 9.88. The second-order valence-electron chi connectivity index (χ2n) is 5.11. The van der Waals surface area contributed by atoms with E-state index >= 15 is 0 Å². The van der Waals surface area contributed by atoms with E-state index in [2.05, 4.69) is 5.10 Å². The fourth-order valence-electron chi connectivity index (χ4n) is 1.55. The van der Waals surface area contributed by atoms with Gasteiger partial charge in [-0.05, 0) is 6.92 Å². The molecule has 1 aromatic rings. The third-order valence-corrected chi connectivity index (χ3v) is 2.65. The molecule has 0 N–H and O–H groups in total. The van der Waals surface area contributed by atoms with Crippen LogP contribution in [0.4, 0.5) is 5.69 Å². The zero-order valence-electron chi connectivity index (χ0n) is 10.8. The first-order valence-corrected chi connectivity index (χ1v) is 5.34. The summed E-state index contributed by atoms with van der Waals surface area (Å²) in [6.07, 6.45) is 0.0388. The number of ketones is 1. The van der Waals surface area contributed by atoms with Gasteiger partial charge in [0.2, 0.25) is 0 Å². The quantitative estimate of drug-likeness (QED) is 0.595. The van der Waals surface area contributed by atoms with Gasteiger partial charge in [0.1, 0.15) is 17.2 Å². The summed E-state index contributed by atoms with van der Waals surface area (Å²) in [6.45, 7) is 6.96. The molecule has 1 rings (SSSR count). The van der Waals surface area contributed by atoms with Gasteiger partial charge in [0, 0.05) is 12.5 Å². The van der Waals surface area contributed by atoms with Gasteiger partial charge in [-0.15, -0.1) is 0 Å². The predicted molar refractivity (Wildman–Crippen MR) is 62.8 cm³/mol. The largest absolute Gasteiger partial charge is 0.313 e. The summed E-state index contributed by atoms with van der Waals surface area (Å²) in [6, 6.07) is 0. The van der Waals surface area contributed by atoms with E-state index in [1.807, 2.05) is 0 Å². The number of hydrogen-bond donors (Lipinski definition) is 0. The molecule has 0 bridgehead atoms. The van der Waals surface area contributed by atoms with Gasteiger partial charge in [-0.2, -0.15) is 5.10 Å². The Kier molecular flexibility index (Phi) is 3.35. The molecule has 0 fully saturated rings. The molecule has 0 unspecified atom stereocenters. The summed E-state index contributed by atoms with van der Waals surface area (Å²) in [4.78, 5) is 22.4. The molecule has 0 atom stereocenters. The molecule has 94 valence electrons. The van der Waals surface area contributed by atoms with Crippen molar-refractivity contribution >= 4 is 11.5 Å². The van der Waals surface area contributed by atoms with Crippen molar-refractivity contribution in [3.05, 3.63) is 21.5 Å². The molecule has 0 spiro atoms. The van der Waals surface area contributed by atoms with Crippen LogP contribution in [-0.2, 0) is 18.3 Å². The van der Waals surface area contributed by atoms with E-state index in [1.54, 1.807) is 34.7 Å². The zero-order chi connectivity index (χ0) is 13.4. The molecule has 6 heteroatoms. The van der Waals surface area contributed by atoms with E-state index in [-0.39, 0.29) is 17.9 Å². The number of hydrogen-bond acceptors (Lipinski definition) is 4. The molecular weight excluding hydrogens is 222 g/mol. The number of nitrogens with zero attached hydrogens (tertiary/aromatic N) is 3. The molecular formula is C11H17N3O3. The van der Waals surface area contributed by atoms with E-state index in [0.29, 0.717) is 11.4 Å². The highest BCUT2D eigenvalue weighted by Crippen LogP contribution is 2.26. The van der Waals surface area contributed by atoms with Gasteiger partial charge >= 0.3 is 5.69 Å². The van der Waals surface area contributed by atoms with Crippen molar-refractivity contribution in [2.24, 2.45) is 12.5 Å². The van der Waals surface area contributed by atoms with Gasteiger partial charge in [0.05, 0.1) is 11.3 Å². The van der Waals surface area contributed by atoms with Gasteiger partial charge in [-0.25, -0.2) is 0 Å². The summed E-state index contributed by atoms with van der Waals surface area (Å²) < 4.78 is 1.41. The molecule has 0 radical (unpaired) electrons. The third kappa shape index (κ3) is 2.69. The van der Waals surface area contributed by atoms with Crippen LogP contribution in [0, 0.1) is 22.5 Å². The van der Waals surface area contributed by atoms with E-state index in [9.17, 15) is 14.9 Å². The molecule has 0 aliphatic rings. The minimum absolute atomic E-state index is 0.0383. The smallest absolute Gasteiger partial charge is 0.299 e. The number of rotatable bonds is 3. The standard InChI is InChI=1S/C11H17N3O3/c1-7-10(14(16)17)8(13(5)12-7)6-9(15)11(2,3)4/h6H2,1-5H3. The van der Waals surface area contributed by atoms with Crippen molar-refractivity contribution in [1.29, 1.82) is 0 Å². The van der Waals surface area contributed by atoms with Crippen LogP contribution in [-0.4, -0.2) is 20.5 Å². The molecule has 1 heterocycles. The van der Waals surface area contributed by atoms with Crippen molar-refractivity contribution in [2.45, 2.75) is 34.1 Å². The van der Waals surface area contributed by atoms with Gasteiger partial charge in [0.25, 0.3) is 0 Å². The lowest BCUT2D eigenvalue weighted by Gasteiger charge is -2.15. The third-order valence-electron chi connectivity index (χ3n) is 2.65. The second kappa shape index (κ2) is 4.27. The maximum absolute atomic E-state index is 11.9. The van der Waals surface area contributed by atoms with Gasteiger partial charge < -0.3 is 0 Å². The number of nitro groups is 1. The lowest BCUT2D eigenvalue weighted by molar-refractivity contribution is -0.386. The molecule has 0 saturated carbocycles. The highest BCUT2D eigenvalue weighted by atomic mass is 16.6. The Morgan fingerprint density at radius 2 is 2.00 bits per heavy atom. The Balaban J connectivity index is 3.15. The van der Waals surface area contributed by atoms with Crippen molar-refractivity contribution in [2.75, 3.05) is 0 Å². The highest BCUT2D eigenvalue weighted by Gasteiger charge is 2.29. The summed E-state index contributed by atoms with van der Waals surface area (Å²) in [5, 5.41) is 14.9. The molecule has 0 aromatic carbocycles.